The van der Waals surface area contributed by atoms with Gasteiger partial charge in [0.05, 0.1) is 6.61 Å². The summed E-state index contributed by atoms with van der Waals surface area (Å²) in [5.74, 6) is 1.57. The minimum Gasteiger partial charge on any atom is -0.395 e. The highest BCUT2D eigenvalue weighted by Gasteiger charge is 2.22. The van der Waals surface area contributed by atoms with Gasteiger partial charge in [-0.05, 0) is 45.7 Å². The number of nitrogens with zero attached hydrogens (tertiary/aromatic N) is 5. The van der Waals surface area contributed by atoms with E-state index in [0.29, 0.717) is 18.4 Å². The van der Waals surface area contributed by atoms with Gasteiger partial charge in [-0.15, -0.1) is 0 Å². The van der Waals surface area contributed by atoms with Crippen molar-refractivity contribution < 1.29 is 5.11 Å². The van der Waals surface area contributed by atoms with E-state index in [2.05, 4.69) is 25.3 Å². The predicted octanol–water partition coefficient (Wildman–Crippen LogP) is 1.08. The Labute approximate surface area is 130 Å². The van der Waals surface area contributed by atoms with Crippen molar-refractivity contribution in [1.82, 2.24) is 24.5 Å². The maximum absolute atomic E-state index is 9.32. The largest absolute Gasteiger partial charge is 0.395 e. The first-order valence-corrected chi connectivity index (χ1v) is 8.04. The van der Waals surface area contributed by atoms with Gasteiger partial charge in [-0.3, -0.25) is 4.90 Å². The summed E-state index contributed by atoms with van der Waals surface area (Å²) < 4.78 is 1.73. The van der Waals surface area contributed by atoms with Gasteiger partial charge in [0.1, 0.15) is 12.1 Å². The molecule has 0 bridgehead atoms. The molecule has 1 atom stereocenters. The van der Waals surface area contributed by atoms with Crippen molar-refractivity contribution in [2.24, 2.45) is 0 Å². The van der Waals surface area contributed by atoms with Crippen molar-refractivity contribution in [2.75, 3.05) is 31.6 Å². The van der Waals surface area contributed by atoms with Crippen molar-refractivity contribution in [3.63, 3.8) is 0 Å². The van der Waals surface area contributed by atoms with E-state index < -0.39 is 0 Å². The third-order valence-corrected chi connectivity index (χ3v) is 4.27. The van der Waals surface area contributed by atoms with Crippen LogP contribution in [0.25, 0.3) is 5.78 Å². The predicted molar refractivity (Wildman–Crippen MR) is 84.9 cm³/mol. The number of aliphatic hydroxyl groups excluding tert-OH is 1. The SMILES string of the molecule is Cc1cc(NCCCCN2CCC[C@@H]2CO)n2ncnc2n1. The lowest BCUT2D eigenvalue weighted by Gasteiger charge is -2.22. The molecule has 7 heteroatoms. The van der Waals surface area contributed by atoms with E-state index >= 15 is 0 Å². The number of fused-ring (bicyclic) bond motifs is 1. The number of aryl methyl sites for hydroxylation is 1. The van der Waals surface area contributed by atoms with Gasteiger partial charge >= 0.3 is 0 Å². The maximum Gasteiger partial charge on any atom is 0.254 e. The Kier molecular flexibility index (Phi) is 4.84. The molecule has 0 aromatic carbocycles. The van der Waals surface area contributed by atoms with Gasteiger partial charge in [-0.1, -0.05) is 0 Å². The summed E-state index contributed by atoms with van der Waals surface area (Å²) in [7, 11) is 0. The molecule has 3 heterocycles. The minimum absolute atomic E-state index is 0.290. The van der Waals surface area contributed by atoms with Crippen LogP contribution in [0.2, 0.25) is 0 Å². The molecule has 3 rings (SSSR count). The third-order valence-electron chi connectivity index (χ3n) is 4.27. The number of aliphatic hydroxyl groups is 1. The number of rotatable bonds is 7. The van der Waals surface area contributed by atoms with Crippen LogP contribution in [0.4, 0.5) is 5.82 Å². The van der Waals surface area contributed by atoms with Gasteiger partial charge in [-0.2, -0.15) is 14.6 Å². The van der Waals surface area contributed by atoms with E-state index in [1.54, 1.807) is 4.52 Å². The standard InChI is InChI=1S/C15H24N6O/c1-12-9-14(21-15(19-12)17-11-18-21)16-6-2-3-7-20-8-4-5-13(20)10-22/h9,11,13,16,22H,2-8,10H2,1H3/t13-/m1/s1. The van der Waals surface area contributed by atoms with Crippen LogP contribution in [0.3, 0.4) is 0 Å². The quantitative estimate of drug-likeness (QED) is 0.745. The summed E-state index contributed by atoms with van der Waals surface area (Å²) in [6, 6.07) is 2.37. The Morgan fingerprint density at radius 2 is 2.32 bits per heavy atom. The monoisotopic (exact) mass is 304 g/mol. The van der Waals surface area contributed by atoms with E-state index in [9.17, 15) is 5.11 Å². The number of hydrogen-bond donors (Lipinski definition) is 2. The Bertz CT molecular complexity index is 613. The summed E-state index contributed by atoms with van der Waals surface area (Å²) >= 11 is 0. The fourth-order valence-corrected chi connectivity index (χ4v) is 3.11. The lowest BCUT2D eigenvalue weighted by molar-refractivity contribution is 0.157. The van der Waals surface area contributed by atoms with Crippen molar-refractivity contribution in [1.29, 1.82) is 0 Å². The van der Waals surface area contributed by atoms with Crippen LogP contribution in [0.15, 0.2) is 12.4 Å². The summed E-state index contributed by atoms with van der Waals surface area (Å²) in [5, 5.41) is 16.9. The summed E-state index contributed by atoms with van der Waals surface area (Å²) in [6.07, 6.45) is 6.09. The van der Waals surface area contributed by atoms with Gasteiger partial charge in [-0.25, -0.2) is 4.98 Å². The van der Waals surface area contributed by atoms with Crippen LogP contribution in [-0.4, -0.2) is 61.9 Å². The molecule has 0 unspecified atom stereocenters. The highest BCUT2D eigenvalue weighted by atomic mass is 16.3. The normalized spacial score (nSPS) is 19.1. The fourth-order valence-electron chi connectivity index (χ4n) is 3.11. The van der Waals surface area contributed by atoms with Crippen LogP contribution in [0.1, 0.15) is 31.4 Å². The molecule has 1 saturated heterocycles. The Morgan fingerprint density at radius 1 is 1.41 bits per heavy atom. The Balaban J connectivity index is 1.45. The van der Waals surface area contributed by atoms with Crippen LogP contribution in [-0.2, 0) is 0 Å². The molecule has 120 valence electrons. The highest BCUT2D eigenvalue weighted by Crippen LogP contribution is 2.17. The average Bonchev–Trinajstić information content (AvgIpc) is 3.14. The molecule has 0 amide bonds. The minimum atomic E-state index is 0.290. The van der Waals surface area contributed by atoms with Crippen molar-refractivity contribution in [3.8, 4) is 0 Å². The molecule has 0 radical (unpaired) electrons. The number of aromatic nitrogens is 4. The van der Waals surface area contributed by atoms with Crippen LogP contribution < -0.4 is 5.32 Å². The zero-order valence-electron chi connectivity index (χ0n) is 13.1. The number of nitrogens with one attached hydrogen (secondary N) is 1. The maximum atomic E-state index is 9.32. The zero-order chi connectivity index (χ0) is 15.4. The van der Waals surface area contributed by atoms with E-state index in [1.165, 1.54) is 12.7 Å². The second-order valence-electron chi connectivity index (χ2n) is 5.90. The second kappa shape index (κ2) is 7.02. The summed E-state index contributed by atoms with van der Waals surface area (Å²) in [4.78, 5) is 10.9. The summed E-state index contributed by atoms with van der Waals surface area (Å²) in [5.41, 5.74) is 0.936. The van der Waals surface area contributed by atoms with E-state index in [-0.39, 0.29) is 0 Å². The zero-order valence-corrected chi connectivity index (χ0v) is 13.1. The first-order valence-electron chi connectivity index (χ1n) is 8.04. The smallest absolute Gasteiger partial charge is 0.254 e. The van der Waals surface area contributed by atoms with Gasteiger partial charge < -0.3 is 10.4 Å². The number of hydrogen-bond acceptors (Lipinski definition) is 6. The lowest BCUT2D eigenvalue weighted by atomic mass is 10.2. The molecular weight excluding hydrogens is 280 g/mol. The average molecular weight is 304 g/mol. The topological polar surface area (TPSA) is 78.6 Å². The van der Waals surface area contributed by atoms with E-state index in [4.69, 9.17) is 0 Å². The molecule has 0 aliphatic carbocycles. The number of likely N-dealkylation sites (tertiary alicyclic amines) is 1. The molecule has 2 aromatic heterocycles. The first-order chi connectivity index (χ1) is 10.8. The molecule has 1 aliphatic heterocycles. The van der Waals surface area contributed by atoms with Crippen LogP contribution in [0.5, 0.6) is 0 Å². The molecule has 1 fully saturated rings. The third kappa shape index (κ3) is 3.36. The van der Waals surface area contributed by atoms with Crippen molar-refractivity contribution in [3.05, 3.63) is 18.1 Å². The second-order valence-corrected chi connectivity index (χ2v) is 5.90. The van der Waals surface area contributed by atoms with E-state index in [0.717, 1.165) is 50.4 Å². The molecule has 1 aliphatic rings. The lowest BCUT2D eigenvalue weighted by Crippen LogP contribution is -2.33. The van der Waals surface area contributed by atoms with Gasteiger partial charge in [0, 0.05) is 24.3 Å². The van der Waals surface area contributed by atoms with E-state index in [1.807, 2.05) is 13.0 Å². The van der Waals surface area contributed by atoms with Crippen molar-refractivity contribution >= 4 is 11.6 Å². The number of unbranched alkanes of at least 4 members (excludes halogenated alkanes) is 1. The molecule has 0 spiro atoms. The van der Waals surface area contributed by atoms with Gasteiger partial charge in [0.15, 0.2) is 0 Å². The molecular formula is C15H24N6O. The summed E-state index contributed by atoms with van der Waals surface area (Å²) in [6.45, 7) is 5.35. The highest BCUT2D eigenvalue weighted by molar-refractivity contribution is 5.44. The molecule has 0 saturated carbocycles. The van der Waals surface area contributed by atoms with Gasteiger partial charge in [0.2, 0.25) is 0 Å². The molecule has 2 aromatic rings. The van der Waals surface area contributed by atoms with Crippen molar-refractivity contribution in [2.45, 2.75) is 38.6 Å². The number of anilines is 1. The molecule has 22 heavy (non-hydrogen) atoms. The Morgan fingerprint density at radius 3 is 3.18 bits per heavy atom. The molecule has 2 N–H and O–H groups in total. The Hall–Kier alpha value is -1.73. The van der Waals surface area contributed by atoms with Gasteiger partial charge in [0.25, 0.3) is 5.78 Å². The fraction of sp³-hybridized carbons (Fsp3) is 0.667. The molecule has 7 nitrogen and oxygen atoms in total. The van der Waals surface area contributed by atoms with Crippen LogP contribution in [0, 0.1) is 6.92 Å². The van der Waals surface area contributed by atoms with Crippen LogP contribution >= 0.6 is 0 Å². The first kappa shape index (κ1) is 15.2.